The van der Waals surface area contributed by atoms with Crippen LogP contribution in [0.2, 0.25) is 0 Å². The fraction of sp³-hybridized carbons (Fsp3) is 0.0667. The predicted molar refractivity (Wildman–Crippen MR) is 81.0 cm³/mol. The van der Waals surface area contributed by atoms with Crippen molar-refractivity contribution >= 4 is 17.5 Å². The standard InChI is InChI=1S/C15H12FN5O3/c16-9-3-5-10(6-4-9)18-15(23)14(22)17-8-12-19-13(21-20-12)11-2-1-7-24-11/h1-7H,8H2,(H,17,22)(H,18,23)(H,19,20,21). The van der Waals surface area contributed by atoms with Crippen LogP contribution in [-0.2, 0) is 16.1 Å². The van der Waals surface area contributed by atoms with Gasteiger partial charge in [-0.05, 0) is 36.4 Å². The smallest absolute Gasteiger partial charge is 0.313 e. The van der Waals surface area contributed by atoms with E-state index in [1.54, 1.807) is 12.1 Å². The largest absolute Gasteiger partial charge is 0.461 e. The molecular formula is C15H12FN5O3. The number of nitrogens with one attached hydrogen (secondary N) is 3. The number of anilines is 1. The van der Waals surface area contributed by atoms with Crippen molar-refractivity contribution in [3.05, 3.63) is 54.3 Å². The molecule has 3 aromatic rings. The summed E-state index contributed by atoms with van der Waals surface area (Å²) >= 11 is 0. The highest BCUT2D eigenvalue weighted by molar-refractivity contribution is 6.39. The molecule has 3 rings (SSSR count). The molecule has 0 bridgehead atoms. The van der Waals surface area contributed by atoms with Gasteiger partial charge in [-0.1, -0.05) is 0 Å². The van der Waals surface area contributed by atoms with Crippen LogP contribution in [0.25, 0.3) is 11.6 Å². The first-order valence-corrected chi connectivity index (χ1v) is 6.92. The van der Waals surface area contributed by atoms with Crippen LogP contribution in [0.5, 0.6) is 0 Å². The maximum absolute atomic E-state index is 12.8. The minimum atomic E-state index is -0.868. The molecule has 0 fully saturated rings. The lowest BCUT2D eigenvalue weighted by atomic mass is 10.3. The third-order valence-corrected chi connectivity index (χ3v) is 3.00. The molecule has 2 heterocycles. The Balaban J connectivity index is 1.53. The van der Waals surface area contributed by atoms with Gasteiger partial charge in [-0.2, -0.15) is 0 Å². The monoisotopic (exact) mass is 329 g/mol. The molecule has 3 N–H and O–H groups in total. The second kappa shape index (κ2) is 6.73. The molecule has 2 aromatic heterocycles. The Morgan fingerprint density at radius 3 is 2.67 bits per heavy atom. The van der Waals surface area contributed by atoms with Crippen molar-refractivity contribution in [2.75, 3.05) is 5.32 Å². The predicted octanol–water partition coefficient (Wildman–Crippen LogP) is 1.46. The van der Waals surface area contributed by atoms with Gasteiger partial charge in [0.2, 0.25) is 5.82 Å². The van der Waals surface area contributed by atoms with E-state index >= 15 is 0 Å². The molecule has 2 amide bonds. The van der Waals surface area contributed by atoms with E-state index in [1.807, 2.05) is 0 Å². The summed E-state index contributed by atoms with van der Waals surface area (Å²) < 4.78 is 17.9. The number of hydrogen-bond acceptors (Lipinski definition) is 5. The summed E-state index contributed by atoms with van der Waals surface area (Å²) in [5.74, 6) is -0.958. The molecular weight excluding hydrogens is 317 g/mol. The molecule has 8 nitrogen and oxygen atoms in total. The van der Waals surface area contributed by atoms with Crippen molar-refractivity contribution in [1.82, 2.24) is 20.5 Å². The lowest BCUT2D eigenvalue weighted by Crippen LogP contribution is -2.35. The number of nitrogens with zero attached hydrogens (tertiary/aromatic N) is 2. The normalized spacial score (nSPS) is 10.4. The van der Waals surface area contributed by atoms with Crippen LogP contribution in [-0.4, -0.2) is 27.0 Å². The number of aromatic amines is 1. The van der Waals surface area contributed by atoms with Crippen molar-refractivity contribution in [1.29, 1.82) is 0 Å². The molecule has 0 aliphatic heterocycles. The van der Waals surface area contributed by atoms with Gasteiger partial charge in [0.1, 0.15) is 11.6 Å². The molecule has 0 saturated heterocycles. The summed E-state index contributed by atoms with van der Waals surface area (Å²) in [6.07, 6.45) is 1.49. The Hall–Kier alpha value is -3.49. The van der Waals surface area contributed by atoms with E-state index in [0.29, 0.717) is 23.1 Å². The number of hydrogen-bond donors (Lipinski definition) is 3. The number of benzene rings is 1. The summed E-state index contributed by atoms with van der Waals surface area (Å²) in [5, 5.41) is 11.3. The maximum atomic E-state index is 12.8. The van der Waals surface area contributed by atoms with Crippen molar-refractivity contribution in [3.63, 3.8) is 0 Å². The quantitative estimate of drug-likeness (QED) is 0.627. The van der Waals surface area contributed by atoms with Crippen LogP contribution in [0.4, 0.5) is 10.1 Å². The molecule has 0 unspecified atom stereocenters. The summed E-state index contributed by atoms with van der Waals surface area (Å²) in [6.45, 7) is -0.0105. The zero-order chi connectivity index (χ0) is 16.9. The molecule has 122 valence electrons. The van der Waals surface area contributed by atoms with Crippen LogP contribution >= 0.6 is 0 Å². The lowest BCUT2D eigenvalue weighted by Gasteiger charge is -2.05. The van der Waals surface area contributed by atoms with E-state index in [2.05, 4.69) is 25.8 Å². The third kappa shape index (κ3) is 3.64. The minimum absolute atomic E-state index is 0.0105. The van der Waals surface area contributed by atoms with Crippen molar-refractivity contribution in [2.24, 2.45) is 0 Å². The molecule has 1 aromatic carbocycles. The third-order valence-electron chi connectivity index (χ3n) is 3.00. The Morgan fingerprint density at radius 1 is 1.17 bits per heavy atom. The summed E-state index contributed by atoms with van der Waals surface area (Å²) in [5.41, 5.74) is 0.316. The van der Waals surface area contributed by atoms with Gasteiger partial charge in [-0.3, -0.25) is 14.7 Å². The van der Waals surface area contributed by atoms with Crippen LogP contribution in [0.1, 0.15) is 5.82 Å². The van der Waals surface area contributed by atoms with Crippen molar-refractivity contribution in [3.8, 4) is 11.6 Å². The van der Waals surface area contributed by atoms with Gasteiger partial charge in [0, 0.05) is 5.69 Å². The fourth-order valence-electron chi connectivity index (χ4n) is 1.86. The Bertz CT molecular complexity index is 842. The van der Waals surface area contributed by atoms with E-state index in [9.17, 15) is 14.0 Å². The number of carbonyl (C=O) groups is 2. The van der Waals surface area contributed by atoms with Gasteiger partial charge in [-0.25, -0.2) is 9.37 Å². The molecule has 24 heavy (non-hydrogen) atoms. The van der Waals surface area contributed by atoms with Gasteiger partial charge in [0.15, 0.2) is 5.76 Å². The van der Waals surface area contributed by atoms with Gasteiger partial charge in [-0.15, -0.1) is 5.10 Å². The first-order chi connectivity index (χ1) is 11.6. The summed E-state index contributed by atoms with van der Waals surface area (Å²) in [6, 6.07) is 8.46. The molecule has 0 spiro atoms. The molecule has 9 heteroatoms. The average Bonchev–Trinajstić information content (AvgIpc) is 3.25. The zero-order valence-electron chi connectivity index (χ0n) is 12.2. The highest BCUT2D eigenvalue weighted by Gasteiger charge is 2.15. The Kier molecular flexibility index (Phi) is 4.32. The molecule has 0 saturated carbocycles. The van der Waals surface area contributed by atoms with Crippen LogP contribution in [0.15, 0.2) is 47.1 Å². The number of aromatic nitrogens is 3. The number of H-pyrrole nitrogens is 1. The maximum Gasteiger partial charge on any atom is 0.313 e. The zero-order valence-corrected chi connectivity index (χ0v) is 12.2. The number of furan rings is 1. The molecule has 0 aliphatic rings. The first-order valence-electron chi connectivity index (χ1n) is 6.92. The molecule has 0 radical (unpaired) electrons. The Labute approximate surface area is 135 Å². The van der Waals surface area contributed by atoms with Crippen LogP contribution < -0.4 is 10.6 Å². The fourth-order valence-corrected chi connectivity index (χ4v) is 1.86. The van der Waals surface area contributed by atoms with E-state index in [-0.39, 0.29) is 6.54 Å². The van der Waals surface area contributed by atoms with Gasteiger partial charge in [0.05, 0.1) is 12.8 Å². The van der Waals surface area contributed by atoms with Gasteiger partial charge in [0.25, 0.3) is 0 Å². The SMILES string of the molecule is O=C(NCc1nc(-c2ccco2)n[nH]1)C(=O)Nc1ccc(F)cc1. The lowest BCUT2D eigenvalue weighted by molar-refractivity contribution is -0.136. The highest BCUT2D eigenvalue weighted by atomic mass is 19.1. The second-order valence-electron chi connectivity index (χ2n) is 4.73. The average molecular weight is 329 g/mol. The van der Waals surface area contributed by atoms with Crippen molar-refractivity contribution < 1.29 is 18.4 Å². The number of rotatable bonds is 4. The number of amides is 2. The Morgan fingerprint density at radius 2 is 1.96 bits per heavy atom. The second-order valence-corrected chi connectivity index (χ2v) is 4.73. The topological polar surface area (TPSA) is 113 Å². The van der Waals surface area contributed by atoms with E-state index in [1.165, 1.54) is 30.5 Å². The van der Waals surface area contributed by atoms with Crippen LogP contribution in [0, 0.1) is 5.82 Å². The summed E-state index contributed by atoms with van der Waals surface area (Å²) in [4.78, 5) is 27.6. The molecule has 0 atom stereocenters. The summed E-state index contributed by atoms with van der Waals surface area (Å²) in [7, 11) is 0. The van der Waals surface area contributed by atoms with Crippen molar-refractivity contribution in [2.45, 2.75) is 6.54 Å². The van der Waals surface area contributed by atoms with Gasteiger partial charge >= 0.3 is 11.8 Å². The number of carbonyl (C=O) groups excluding carboxylic acids is 2. The minimum Gasteiger partial charge on any atom is -0.461 e. The van der Waals surface area contributed by atoms with Gasteiger partial charge < -0.3 is 15.1 Å². The number of halogens is 1. The first kappa shape index (κ1) is 15.4. The van der Waals surface area contributed by atoms with Crippen LogP contribution in [0.3, 0.4) is 0 Å². The van der Waals surface area contributed by atoms with E-state index in [4.69, 9.17) is 4.42 Å². The highest BCUT2D eigenvalue weighted by Crippen LogP contribution is 2.14. The van der Waals surface area contributed by atoms with E-state index < -0.39 is 17.6 Å². The van der Waals surface area contributed by atoms with E-state index in [0.717, 1.165) is 0 Å². The molecule has 0 aliphatic carbocycles.